The van der Waals surface area contributed by atoms with Gasteiger partial charge in [0.25, 0.3) is 0 Å². The van der Waals surface area contributed by atoms with Crippen LogP contribution in [0.25, 0.3) is 11.3 Å². The highest BCUT2D eigenvalue weighted by molar-refractivity contribution is 7.15. The molecule has 0 radical (unpaired) electrons. The SMILES string of the molecule is CCOC(=O)c1c(-c2ccco2)csc1NC(=O)C1CC(=O)N(c2ccc3c(c2)OCO3)C1. The van der Waals surface area contributed by atoms with E-state index in [0.29, 0.717) is 33.5 Å². The number of hydrogen-bond donors (Lipinski definition) is 1. The van der Waals surface area contributed by atoms with E-state index >= 15 is 0 Å². The Labute approximate surface area is 192 Å². The number of ether oxygens (including phenoxy) is 3. The topological polar surface area (TPSA) is 107 Å². The summed E-state index contributed by atoms with van der Waals surface area (Å²) in [6.07, 6.45) is 1.57. The van der Waals surface area contributed by atoms with E-state index < -0.39 is 11.9 Å². The fraction of sp³-hybridized carbons (Fsp3) is 0.261. The van der Waals surface area contributed by atoms with Crippen LogP contribution in [0.15, 0.2) is 46.4 Å². The third-order valence-electron chi connectivity index (χ3n) is 5.46. The molecule has 10 heteroatoms. The van der Waals surface area contributed by atoms with Gasteiger partial charge in [0, 0.05) is 35.7 Å². The van der Waals surface area contributed by atoms with Crippen molar-refractivity contribution < 1.29 is 33.0 Å². The van der Waals surface area contributed by atoms with Gasteiger partial charge in [-0.25, -0.2) is 4.79 Å². The summed E-state index contributed by atoms with van der Waals surface area (Å²) in [5.74, 6) is 0.0523. The molecule has 2 amide bonds. The Hall–Kier alpha value is -3.79. The molecule has 5 rings (SSSR count). The number of nitrogens with one attached hydrogen (secondary N) is 1. The van der Waals surface area contributed by atoms with Crippen LogP contribution < -0.4 is 19.7 Å². The first kappa shape index (κ1) is 21.1. The van der Waals surface area contributed by atoms with Gasteiger partial charge in [-0.3, -0.25) is 9.59 Å². The normalized spacial score (nSPS) is 16.8. The van der Waals surface area contributed by atoms with Gasteiger partial charge < -0.3 is 28.8 Å². The molecule has 33 heavy (non-hydrogen) atoms. The molecular formula is C23H20N2O7S. The van der Waals surface area contributed by atoms with Crippen molar-refractivity contribution in [3.63, 3.8) is 0 Å². The Kier molecular flexibility index (Phi) is 5.51. The minimum Gasteiger partial charge on any atom is -0.464 e. The maximum Gasteiger partial charge on any atom is 0.341 e. The first-order valence-corrected chi connectivity index (χ1v) is 11.3. The molecule has 1 aromatic carbocycles. The third kappa shape index (κ3) is 3.93. The van der Waals surface area contributed by atoms with Crippen molar-refractivity contribution in [3.05, 3.63) is 47.5 Å². The highest BCUT2D eigenvalue weighted by Crippen LogP contribution is 2.39. The minimum absolute atomic E-state index is 0.0609. The minimum atomic E-state index is -0.577. The zero-order valence-electron chi connectivity index (χ0n) is 17.7. The van der Waals surface area contributed by atoms with E-state index in [1.165, 1.54) is 17.6 Å². The number of carbonyl (C=O) groups excluding carboxylic acids is 3. The number of anilines is 2. The van der Waals surface area contributed by atoms with E-state index in [1.54, 1.807) is 47.5 Å². The number of benzene rings is 1. The Balaban J connectivity index is 1.35. The number of rotatable bonds is 6. The predicted molar refractivity (Wildman–Crippen MR) is 120 cm³/mol. The zero-order chi connectivity index (χ0) is 22.9. The van der Waals surface area contributed by atoms with Gasteiger partial charge >= 0.3 is 5.97 Å². The molecule has 170 valence electrons. The lowest BCUT2D eigenvalue weighted by Crippen LogP contribution is -2.28. The van der Waals surface area contributed by atoms with Gasteiger partial charge in [-0.2, -0.15) is 0 Å². The lowest BCUT2D eigenvalue weighted by molar-refractivity contribution is -0.122. The second-order valence-corrected chi connectivity index (χ2v) is 8.36. The van der Waals surface area contributed by atoms with Crippen molar-refractivity contribution in [1.29, 1.82) is 0 Å². The number of thiophene rings is 1. The van der Waals surface area contributed by atoms with Crippen LogP contribution in [0.1, 0.15) is 23.7 Å². The van der Waals surface area contributed by atoms with Crippen molar-refractivity contribution >= 4 is 39.8 Å². The molecule has 1 atom stereocenters. The second kappa shape index (κ2) is 8.62. The van der Waals surface area contributed by atoms with Gasteiger partial charge in [0.2, 0.25) is 18.6 Å². The van der Waals surface area contributed by atoms with Crippen LogP contribution in [0.3, 0.4) is 0 Å². The third-order valence-corrected chi connectivity index (χ3v) is 6.35. The molecule has 3 aromatic rings. The highest BCUT2D eigenvalue weighted by atomic mass is 32.1. The molecule has 0 spiro atoms. The molecule has 2 aliphatic rings. The Bertz CT molecular complexity index is 1220. The maximum absolute atomic E-state index is 13.0. The number of hydrogen-bond acceptors (Lipinski definition) is 8. The monoisotopic (exact) mass is 468 g/mol. The molecule has 1 fully saturated rings. The summed E-state index contributed by atoms with van der Waals surface area (Å²) in [6, 6.07) is 8.68. The lowest BCUT2D eigenvalue weighted by Gasteiger charge is -2.17. The molecular weight excluding hydrogens is 448 g/mol. The summed E-state index contributed by atoms with van der Waals surface area (Å²) >= 11 is 1.21. The molecule has 4 heterocycles. The summed E-state index contributed by atoms with van der Waals surface area (Å²) in [4.78, 5) is 39.9. The molecule has 0 saturated carbocycles. The van der Waals surface area contributed by atoms with Crippen LogP contribution in [0.2, 0.25) is 0 Å². The number of fused-ring (bicyclic) bond motifs is 1. The molecule has 2 aromatic heterocycles. The van der Waals surface area contributed by atoms with Crippen LogP contribution in [-0.2, 0) is 14.3 Å². The number of amides is 2. The Morgan fingerprint density at radius 2 is 2.09 bits per heavy atom. The van der Waals surface area contributed by atoms with Gasteiger partial charge in [0.05, 0.1) is 18.8 Å². The van der Waals surface area contributed by atoms with Crippen molar-refractivity contribution in [2.75, 3.05) is 30.2 Å². The van der Waals surface area contributed by atoms with Crippen molar-refractivity contribution in [2.24, 2.45) is 5.92 Å². The molecule has 1 unspecified atom stereocenters. The molecule has 0 aliphatic carbocycles. The van der Waals surface area contributed by atoms with Gasteiger partial charge in [-0.05, 0) is 31.2 Å². The van der Waals surface area contributed by atoms with Crippen LogP contribution in [0.5, 0.6) is 11.5 Å². The van der Waals surface area contributed by atoms with Gasteiger partial charge in [0.1, 0.15) is 16.3 Å². The van der Waals surface area contributed by atoms with E-state index in [0.717, 1.165) is 0 Å². The fourth-order valence-corrected chi connectivity index (χ4v) is 4.81. The molecule has 1 saturated heterocycles. The highest BCUT2D eigenvalue weighted by Gasteiger charge is 2.36. The van der Waals surface area contributed by atoms with Crippen molar-refractivity contribution in [1.82, 2.24) is 0 Å². The average Bonchev–Trinajstić information content (AvgIpc) is 3.59. The second-order valence-electron chi connectivity index (χ2n) is 7.48. The molecule has 1 N–H and O–H groups in total. The first-order valence-electron chi connectivity index (χ1n) is 10.4. The molecule has 9 nitrogen and oxygen atoms in total. The van der Waals surface area contributed by atoms with Gasteiger partial charge in [-0.1, -0.05) is 0 Å². The smallest absolute Gasteiger partial charge is 0.341 e. The average molecular weight is 468 g/mol. The zero-order valence-corrected chi connectivity index (χ0v) is 18.5. The fourth-order valence-electron chi connectivity index (χ4n) is 3.87. The van der Waals surface area contributed by atoms with E-state index in [1.807, 2.05) is 0 Å². The van der Waals surface area contributed by atoms with Crippen LogP contribution >= 0.6 is 11.3 Å². The Morgan fingerprint density at radius 1 is 1.24 bits per heavy atom. The van der Waals surface area contributed by atoms with E-state index in [2.05, 4.69) is 5.32 Å². The summed E-state index contributed by atoms with van der Waals surface area (Å²) < 4.78 is 21.3. The van der Waals surface area contributed by atoms with E-state index in [4.69, 9.17) is 18.6 Å². The standard InChI is InChI=1S/C23H20N2O7S/c1-2-29-23(28)20-15(16-4-3-7-30-16)11-33-22(20)24-21(27)13-8-19(26)25(10-13)14-5-6-17-18(9-14)32-12-31-17/h3-7,9,11,13H,2,8,10,12H2,1H3,(H,24,27). The van der Waals surface area contributed by atoms with Crippen LogP contribution in [0, 0.1) is 5.92 Å². The van der Waals surface area contributed by atoms with Crippen LogP contribution in [-0.4, -0.2) is 37.7 Å². The van der Waals surface area contributed by atoms with Crippen molar-refractivity contribution in [3.8, 4) is 22.8 Å². The van der Waals surface area contributed by atoms with Gasteiger partial charge in [-0.15, -0.1) is 11.3 Å². The van der Waals surface area contributed by atoms with E-state index in [9.17, 15) is 14.4 Å². The summed E-state index contributed by atoms with van der Waals surface area (Å²) in [5.41, 5.74) is 1.42. The van der Waals surface area contributed by atoms with E-state index in [-0.39, 0.29) is 43.7 Å². The quantitative estimate of drug-likeness (QED) is 0.547. The summed E-state index contributed by atoms with van der Waals surface area (Å²) in [6.45, 7) is 2.27. The number of esters is 1. The van der Waals surface area contributed by atoms with Gasteiger partial charge in [0.15, 0.2) is 11.5 Å². The maximum atomic E-state index is 13.0. The predicted octanol–water partition coefficient (Wildman–Crippen LogP) is 3.91. The first-order chi connectivity index (χ1) is 16.0. The number of nitrogens with zero attached hydrogens (tertiary/aromatic N) is 1. The molecule has 2 aliphatic heterocycles. The summed E-state index contributed by atoms with van der Waals surface area (Å²) in [7, 11) is 0. The molecule has 0 bridgehead atoms. The van der Waals surface area contributed by atoms with Crippen molar-refractivity contribution in [2.45, 2.75) is 13.3 Å². The number of carbonyl (C=O) groups is 3. The van der Waals surface area contributed by atoms with Crippen LogP contribution in [0.4, 0.5) is 10.7 Å². The summed E-state index contributed by atoms with van der Waals surface area (Å²) in [5, 5.41) is 4.92. The largest absolute Gasteiger partial charge is 0.464 e. The number of furan rings is 1. The Morgan fingerprint density at radius 3 is 2.88 bits per heavy atom. The lowest BCUT2D eigenvalue weighted by atomic mass is 10.1.